The Balaban J connectivity index is 2.83. The molecule has 0 fully saturated rings. The molecule has 0 aliphatic heterocycles. The molecule has 2 aromatic rings. The van der Waals surface area contributed by atoms with Gasteiger partial charge in [0.1, 0.15) is 11.4 Å². The third-order valence-electron chi connectivity index (χ3n) is 2.56. The number of H-pyrrole nitrogens is 1. The number of nitrogens with one attached hydrogen (secondary N) is 1. The molecule has 5 nitrogen and oxygen atoms in total. The fourth-order valence-electron chi connectivity index (χ4n) is 1.67. The second kappa shape index (κ2) is 5.39. The summed E-state index contributed by atoms with van der Waals surface area (Å²) in [4.78, 5) is 0. The van der Waals surface area contributed by atoms with Crippen LogP contribution in [0.1, 0.15) is 11.3 Å². The Kier molecular flexibility index (Phi) is 4.09. The van der Waals surface area contributed by atoms with Gasteiger partial charge in [-0.25, -0.2) is 9.90 Å². The SMILES string of the molecule is Cc1n[nH]n(-c2c(Cl)cc(C(F)(F)F)cc2Cl)c1=S(=O)=O. The van der Waals surface area contributed by atoms with Crippen molar-refractivity contribution in [2.45, 2.75) is 13.1 Å². The number of benzene rings is 1. The average Bonchev–Trinajstić information content (AvgIpc) is 2.69. The van der Waals surface area contributed by atoms with Crippen LogP contribution >= 0.6 is 23.2 Å². The third kappa shape index (κ3) is 2.94. The van der Waals surface area contributed by atoms with E-state index in [9.17, 15) is 21.6 Å². The average molecular weight is 360 g/mol. The van der Waals surface area contributed by atoms with E-state index in [1.165, 1.54) is 6.92 Å². The van der Waals surface area contributed by atoms with Crippen molar-refractivity contribution >= 4 is 33.5 Å². The van der Waals surface area contributed by atoms with Gasteiger partial charge >= 0.3 is 6.18 Å². The first-order chi connectivity index (χ1) is 9.62. The van der Waals surface area contributed by atoms with Crippen molar-refractivity contribution < 1.29 is 21.6 Å². The van der Waals surface area contributed by atoms with Gasteiger partial charge in [0.05, 0.1) is 15.6 Å². The van der Waals surface area contributed by atoms with Gasteiger partial charge in [0.2, 0.25) is 14.9 Å². The van der Waals surface area contributed by atoms with E-state index in [1.54, 1.807) is 0 Å². The lowest BCUT2D eigenvalue weighted by atomic mass is 10.2. The number of aryl methyl sites for hydroxylation is 1. The summed E-state index contributed by atoms with van der Waals surface area (Å²) >= 11 is 11.6. The molecule has 1 aromatic heterocycles. The highest BCUT2D eigenvalue weighted by molar-refractivity contribution is 7.63. The summed E-state index contributed by atoms with van der Waals surface area (Å²) in [6, 6.07) is 1.31. The Morgan fingerprint density at radius 2 is 1.76 bits per heavy atom. The molecule has 0 aliphatic rings. The molecule has 1 heterocycles. The Hall–Kier alpha value is -1.45. The summed E-state index contributed by atoms with van der Waals surface area (Å²) in [5.41, 5.74) is -1.05. The number of nitrogens with zero attached hydrogens (tertiary/aromatic N) is 2. The molecule has 0 spiro atoms. The Morgan fingerprint density at radius 1 is 1.24 bits per heavy atom. The zero-order chi connectivity index (χ0) is 15.9. The van der Waals surface area contributed by atoms with E-state index in [2.05, 4.69) is 10.3 Å². The minimum Gasteiger partial charge on any atom is -0.220 e. The minimum atomic E-state index is -4.62. The third-order valence-corrected chi connectivity index (χ3v) is 3.93. The van der Waals surface area contributed by atoms with E-state index in [0.717, 1.165) is 4.68 Å². The van der Waals surface area contributed by atoms with Crippen LogP contribution in [-0.2, 0) is 16.5 Å². The van der Waals surface area contributed by atoms with Gasteiger partial charge in [0, 0.05) is 0 Å². The van der Waals surface area contributed by atoms with Gasteiger partial charge in [0.15, 0.2) is 0 Å². The lowest BCUT2D eigenvalue weighted by molar-refractivity contribution is -0.137. The van der Waals surface area contributed by atoms with Crippen LogP contribution in [-0.4, -0.2) is 23.4 Å². The number of aromatic nitrogens is 3. The molecule has 0 saturated heterocycles. The summed E-state index contributed by atoms with van der Waals surface area (Å²) in [5, 5.41) is 5.28. The summed E-state index contributed by atoms with van der Waals surface area (Å²) in [6.45, 7) is 1.41. The van der Waals surface area contributed by atoms with Gasteiger partial charge < -0.3 is 0 Å². The molecule has 1 N–H and O–H groups in total. The predicted molar refractivity (Wildman–Crippen MR) is 69.8 cm³/mol. The largest absolute Gasteiger partial charge is 0.416 e. The Morgan fingerprint density at radius 3 is 2.19 bits per heavy atom. The van der Waals surface area contributed by atoms with E-state index < -0.39 is 22.0 Å². The lowest BCUT2D eigenvalue weighted by Gasteiger charge is -2.12. The van der Waals surface area contributed by atoms with Gasteiger partial charge in [-0.2, -0.15) is 26.7 Å². The van der Waals surface area contributed by atoms with Crippen LogP contribution in [0, 0.1) is 11.6 Å². The zero-order valence-corrected chi connectivity index (χ0v) is 12.5. The van der Waals surface area contributed by atoms with Crippen LogP contribution in [0.25, 0.3) is 5.69 Å². The second-order valence-electron chi connectivity index (χ2n) is 3.96. The molecule has 2 rings (SSSR count). The molecule has 0 saturated carbocycles. The molecule has 0 amide bonds. The van der Waals surface area contributed by atoms with Crippen molar-refractivity contribution in [1.29, 1.82) is 0 Å². The van der Waals surface area contributed by atoms with E-state index >= 15 is 0 Å². The van der Waals surface area contributed by atoms with Crippen molar-refractivity contribution in [3.8, 4) is 5.69 Å². The van der Waals surface area contributed by atoms with Crippen molar-refractivity contribution in [1.82, 2.24) is 15.0 Å². The number of hydrogen-bond donors (Lipinski definition) is 1. The Bertz CT molecular complexity index is 853. The lowest BCUT2D eigenvalue weighted by Crippen LogP contribution is -2.07. The smallest absolute Gasteiger partial charge is 0.220 e. The van der Waals surface area contributed by atoms with Crippen molar-refractivity contribution in [2.24, 2.45) is 0 Å². The van der Waals surface area contributed by atoms with E-state index in [0.29, 0.717) is 12.1 Å². The molecule has 21 heavy (non-hydrogen) atoms. The van der Waals surface area contributed by atoms with Crippen LogP contribution in [0.5, 0.6) is 0 Å². The molecule has 11 heteroatoms. The molecule has 0 radical (unpaired) electrons. The number of rotatable bonds is 1. The van der Waals surface area contributed by atoms with Gasteiger partial charge in [-0.15, -0.1) is 0 Å². The molecular formula is C10H6Cl2F3N3O2S. The van der Waals surface area contributed by atoms with Crippen molar-refractivity contribution in [3.05, 3.63) is 38.1 Å². The second-order valence-corrected chi connectivity index (χ2v) is 5.63. The normalized spacial score (nSPS) is 11.7. The number of hydrogen-bond acceptors (Lipinski definition) is 3. The van der Waals surface area contributed by atoms with Gasteiger partial charge in [-0.05, 0) is 19.1 Å². The first-order valence-electron chi connectivity index (χ1n) is 5.26. The maximum Gasteiger partial charge on any atom is 0.416 e. The van der Waals surface area contributed by atoms with Crippen LogP contribution in [0.3, 0.4) is 0 Å². The first-order valence-corrected chi connectivity index (χ1v) is 7.09. The highest BCUT2D eigenvalue weighted by Crippen LogP contribution is 2.37. The maximum absolute atomic E-state index is 12.7. The molecule has 0 bridgehead atoms. The van der Waals surface area contributed by atoms with E-state index in [1.807, 2.05) is 0 Å². The summed E-state index contributed by atoms with van der Waals surface area (Å²) in [6.07, 6.45) is -4.62. The predicted octanol–water partition coefficient (Wildman–Crippen LogP) is 3.25. The molecule has 1 aromatic carbocycles. The molecule has 114 valence electrons. The number of alkyl halides is 3. The first kappa shape index (κ1) is 15.9. The summed E-state index contributed by atoms with van der Waals surface area (Å²) in [5.74, 6) is 0. The van der Waals surface area contributed by atoms with Crippen LogP contribution in [0.4, 0.5) is 13.2 Å². The highest BCUT2D eigenvalue weighted by atomic mass is 35.5. The van der Waals surface area contributed by atoms with Crippen molar-refractivity contribution in [2.75, 3.05) is 0 Å². The maximum atomic E-state index is 12.7. The Labute approximate surface area is 127 Å². The van der Waals surface area contributed by atoms with Gasteiger partial charge in [-0.3, -0.25) is 0 Å². The summed E-state index contributed by atoms with van der Waals surface area (Å²) < 4.78 is 60.9. The molecular weight excluding hydrogens is 354 g/mol. The summed E-state index contributed by atoms with van der Waals surface area (Å²) in [7, 11) is -2.68. The highest BCUT2D eigenvalue weighted by Gasteiger charge is 2.32. The topological polar surface area (TPSA) is 67.8 Å². The molecule has 0 unspecified atom stereocenters. The fourth-order valence-corrected chi connectivity index (χ4v) is 2.89. The van der Waals surface area contributed by atoms with Gasteiger partial charge in [-0.1, -0.05) is 23.2 Å². The molecule has 0 atom stereocenters. The van der Waals surface area contributed by atoms with Crippen LogP contribution in [0.2, 0.25) is 10.0 Å². The van der Waals surface area contributed by atoms with E-state index in [-0.39, 0.29) is 26.1 Å². The van der Waals surface area contributed by atoms with E-state index in [4.69, 9.17) is 23.2 Å². The van der Waals surface area contributed by atoms with Crippen LogP contribution in [0.15, 0.2) is 12.1 Å². The standard InChI is InChI=1S/C10H6Cl2F3N3O2S/c1-4-9(21(19)20)18(17-16-4)8-6(11)2-5(3-7(8)12)10(13,14)15/h2-3,17H,1H3. The monoisotopic (exact) mass is 359 g/mol. The quantitative estimate of drug-likeness (QED) is 0.794. The number of aromatic amines is 1. The van der Waals surface area contributed by atoms with Crippen molar-refractivity contribution in [3.63, 3.8) is 0 Å². The number of halogens is 5. The van der Waals surface area contributed by atoms with Crippen LogP contribution < -0.4 is 0 Å². The zero-order valence-electron chi connectivity index (χ0n) is 10.2. The van der Waals surface area contributed by atoms with Gasteiger partial charge in [0.25, 0.3) is 0 Å². The molecule has 0 aliphatic carbocycles. The minimum absolute atomic E-state index is 0.121. The fraction of sp³-hybridized carbons (Fsp3) is 0.200.